The first kappa shape index (κ1) is 25.6. The summed E-state index contributed by atoms with van der Waals surface area (Å²) < 4.78 is 101. The molecular formula is C19H24F6N2O3S. The van der Waals surface area contributed by atoms with Crippen LogP contribution in [0.2, 0.25) is 0 Å². The van der Waals surface area contributed by atoms with Crippen molar-refractivity contribution in [1.82, 2.24) is 4.72 Å². The highest BCUT2D eigenvalue weighted by molar-refractivity contribution is 7.90. The second-order valence-corrected chi connectivity index (χ2v) is 9.72. The van der Waals surface area contributed by atoms with Gasteiger partial charge in [0.2, 0.25) is 0 Å². The molecule has 0 bridgehead atoms. The lowest BCUT2D eigenvalue weighted by Crippen LogP contribution is -2.40. The van der Waals surface area contributed by atoms with E-state index in [0.717, 1.165) is 0 Å². The quantitative estimate of drug-likeness (QED) is 0.423. The van der Waals surface area contributed by atoms with Crippen LogP contribution in [-0.2, 0) is 21.2 Å². The fraction of sp³-hybridized carbons (Fsp3) is 0.632. The number of sulfonamides is 1. The van der Waals surface area contributed by atoms with Crippen molar-refractivity contribution in [3.8, 4) is 0 Å². The van der Waals surface area contributed by atoms with Gasteiger partial charge in [-0.15, -0.1) is 0 Å². The highest BCUT2D eigenvalue weighted by Gasteiger charge is 2.45. The molecule has 1 unspecified atom stereocenters. The molecular weight excluding hydrogens is 450 g/mol. The van der Waals surface area contributed by atoms with E-state index in [2.05, 4.69) is 0 Å². The van der Waals surface area contributed by atoms with Gasteiger partial charge in [-0.3, -0.25) is 4.79 Å². The van der Waals surface area contributed by atoms with E-state index in [4.69, 9.17) is 5.73 Å². The number of rotatable bonds is 9. The van der Waals surface area contributed by atoms with Crippen molar-refractivity contribution in [3.63, 3.8) is 0 Å². The van der Waals surface area contributed by atoms with Gasteiger partial charge < -0.3 is 5.73 Å². The van der Waals surface area contributed by atoms with Crippen molar-refractivity contribution < 1.29 is 39.6 Å². The molecule has 1 fully saturated rings. The molecule has 12 heteroatoms. The summed E-state index contributed by atoms with van der Waals surface area (Å²) in [6.07, 6.45) is 2.06. The normalized spacial score (nSPS) is 21.1. The zero-order chi connectivity index (χ0) is 23.4. The average molecular weight is 474 g/mol. The smallest absolute Gasteiger partial charge is 0.327 e. The lowest BCUT2D eigenvalue weighted by Gasteiger charge is -2.29. The number of halogens is 6. The van der Waals surface area contributed by atoms with Crippen LogP contribution in [0.3, 0.4) is 0 Å². The SMILES string of the molecule is NC(CC(=O)C[C@@H]1CCC[C@@H](CNS(=O)(=O)C(F)(F)F)C1)Cc1cc(F)c(F)cc1F. The van der Waals surface area contributed by atoms with Gasteiger partial charge in [0.1, 0.15) is 11.6 Å². The molecule has 1 aliphatic rings. The fourth-order valence-electron chi connectivity index (χ4n) is 3.86. The van der Waals surface area contributed by atoms with Crippen LogP contribution in [0.4, 0.5) is 26.3 Å². The van der Waals surface area contributed by atoms with Crippen molar-refractivity contribution in [2.75, 3.05) is 6.54 Å². The third-order valence-corrected chi connectivity index (χ3v) is 6.49. The molecule has 1 aliphatic carbocycles. The van der Waals surface area contributed by atoms with E-state index in [9.17, 15) is 39.6 Å². The number of carbonyl (C=O) groups is 1. The lowest BCUT2D eigenvalue weighted by atomic mass is 9.78. The summed E-state index contributed by atoms with van der Waals surface area (Å²) in [7, 11) is -5.41. The van der Waals surface area contributed by atoms with Crippen LogP contribution in [-0.4, -0.2) is 32.3 Å². The summed E-state index contributed by atoms with van der Waals surface area (Å²) in [6, 6.07) is 0.293. The summed E-state index contributed by atoms with van der Waals surface area (Å²) in [6.45, 7) is -0.360. The zero-order valence-corrected chi connectivity index (χ0v) is 17.3. The van der Waals surface area contributed by atoms with Crippen LogP contribution < -0.4 is 10.5 Å². The minimum atomic E-state index is -5.41. The maximum absolute atomic E-state index is 13.7. The monoisotopic (exact) mass is 474 g/mol. The number of alkyl halides is 3. The van der Waals surface area contributed by atoms with Gasteiger partial charge in [-0.2, -0.15) is 13.2 Å². The molecule has 0 heterocycles. The Morgan fingerprint density at radius 3 is 2.35 bits per heavy atom. The molecule has 5 nitrogen and oxygen atoms in total. The Balaban J connectivity index is 1.83. The minimum Gasteiger partial charge on any atom is -0.327 e. The predicted molar refractivity (Wildman–Crippen MR) is 101 cm³/mol. The Kier molecular flexibility index (Phi) is 8.51. The largest absolute Gasteiger partial charge is 0.511 e. The summed E-state index contributed by atoms with van der Waals surface area (Å²) >= 11 is 0. The Hall–Kier alpha value is -1.66. The number of benzene rings is 1. The van der Waals surface area contributed by atoms with E-state index >= 15 is 0 Å². The molecule has 3 N–H and O–H groups in total. The van der Waals surface area contributed by atoms with Crippen LogP contribution in [0.25, 0.3) is 0 Å². The molecule has 0 aliphatic heterocycles. The third-order valence-electron chi connectivity index (χ3n) is 5.34. The number of hydrogen-bond acceptors (Lipinski definition) is 4. The van der Waals surface area contributed by atoms with Crippen LogP contribution in [0.15, 0.2) is 12.1 Å². The first-order valence-corrected chi connectivity index (χ1v) is 11.2. The summed E-state index contributed by atoms with van der Waals surface area (Å²) in [5, 5.41) is 0. The van der Waals surface area contributed by atoms with Crippen LogP contribution in [0.5, 0.6) is 0 Å². The lowest BCUT2D eigenvalue weighted by molar-refractivity contribution is -0.120. The van der Waals surface area contributed by atoms with Gasteiger partial charge in [0.15, 0.2) is 11.6 Å². The predicted octanol–water partition coefficient (Wildman–Crippen LogP) is 3.57. The van der Waals surface area contributed by atoms with Crippen LogP contribution >= 0.6 is 0 Å². The molecule has 0 spiro atoms. The van der Waals surface area contributed by atoms with Gasteiger partial charge in [0.25, 0.3) is 0 Å². The number of hydrogen-bond donors (Lipinski definition) is 2. The standard InChI is InChI=1S/C19H24F6N2O3S/c20-16-9-18(22)17(21)7-13(16)6-14(26)8-15(28)5-11-2-1-3-12(4-11)10-27-31(29,30)19(23,24)25/h7,9,11-12,14,27H,1-6,8,10,26H2/t11-,12-,14?/m1/s1. The van der Waals surface area contributed by atoms with E-state index in [0.29, 0.717) is 37.8 Å². The second-order valence-electron chi connectivity index (χ2n) is 7.97. The Bertz CT molecular complexity index is 891. The van der Waals surface area contributed by atoms with Crippen LogP contribution in [0, 0.1) is 29.3 Å². The van der Waals surface area contributed by atoms with Crippen molar-refractivity contribution in [2.24, 2.45) is 17.6 Å². The summed E-state index contributed by atoms with van der Waals surface area (Å²) in [5.74, 6) is -4.20. The highest BCUT2D eigenvalue weighted by Crippen LogP contribution is 2.32. The van der Waals surface area contributed by atoms with Crippen molar-refractivity contribution in [2.45, 2.75) is 56.5 Å². The maximum atomic E-state index is 13.7. The number of Topliss-reactive ketones (excluding diaryl/α,β-unsaturated/α-hetero) is 1. The molecule has 0 radical (unpaired) electrons. The van der Waals surface area contributed by atoms with Crippen molar-refractivity contribution in [1.29, 1.82) is 0 Å². The van der Waals surface area contributed by atoms with Gasteiger partial charge in [-0.05, 0) is 42.7 Å². The molecule has 0 aromatic heterocycles. The highest BCUT2D eigenvalue weighted by atomic mass is 32.2. The molecule has 1 aromatic rings. The van der Waals surface area contributed by atoms with Gasteiger partial charge in [-0.25, -0.2) is 26.3 Å². The molecule has 3 atom stereocenters. The molecule has 1 aromatic carbocycles. The molecule has 0 saturated heterocycles. The fourth-order valence-corrected chi connectivity index (χ4v) is 4.47. The third kappa shape index (κ3) is 7.46. The molecule has 0 amide bonds. The topological polar surface area (TPSA) is 89.3 Å². The van der Waals surface area contributed by atoms with Gasteiger partial charge in [0.05, 0.1) is 0 Å². The number of nitrogens with one attached hydrogen (secondary N) is 1. The summed E-state index contributed by atoms with van der Waals surface area (Å²) in [4.78, 5) is 12.3. The first-order chi connectivity index (χ1) is 14.3. The second kappa shape index (κ2) is 10.3. The number of ketones is 1. The first-order valence-electron chi connectivity index (χ1n) is 9.75. The van der Waals surface area contributed by atoms with Crippen LogP contribution in [0.1, 0.15) is 44.1 Å². The Morgan fingerprint density at radius 1 is 1.10 bits per heavy atom. The van der Waals surface area contributed by atoms with E-state index in [1.165, 1.54) is 0 Å². The Morgan fingerprint density at radius 2 is 1.71 bits per heavy atom. The van der Waals surface area contributed by atoms with E-state index in [1.807, 2.05) is 0 Å². The van der Waals surface area contributed by atoms with Crippen molar-refractivity contribution >= 4 is 15.8 Å². The maximum Gasteiger partial charge on any atom is 0.511 e. The number of carbonyl (C=O) groups excluding carboxylic acids is 1. The molecule has 2 rings (SSSR count). The van der Waals surface area contributed by atoms with Gasteiger partial charge in [0, 0.05) is 31.5 Å². The average Bonchev–Trinajstić information content (AvgIpc) is 2.63. The van der Waals surface area contributed by atoms with E-state index in [1.54, 1.807) is 4.72 Å². The molecule has 176 valence electrons. The van der Waals surface area contributed by atoms with E-state index < -0.39 is 39.0 Å². The van der Waals surface area contributed by atoms with E-state index in [-0.39, 0.29) is 49.0 Å². The zero-order valence-electron chi connectivity index (χ0n) is 16.5. The van der Waals surface area contributed by atoms with Gasteiger partial charge in [-0.1, -0.05) is 12.8 Å². The molecule has 1 saturated carbocycles. The number of nitrogens with two attached hydrogens (primary N) is 1. The Labute approximate surface area is 176 Å². The minimum absolute atomic E-state index is 0.108. The van der Waals surface area contributed by atoms with Crippen molar-refractivity contribution in [3.05, 3.63) is 35.1 Å². The molecule has 31 heavy (non-hydrogen) atoms. The van der Waals surface area contributed by atoms with Gasteiger partial charge >= 0.3 is 15.5 Å². The summed E-state index contributed by atoms with van der Waals surface area (Å²) in [5.41, 5.74) is 0.326.